The summed E-state index contributed by atoms with van der Waals surface area (Å²) in [5, 5.41) is 2.58. The van der Waals surface area contributed by atoms with E-state index in [4.69, 9.17) is 5.73 Å². The number of hydrogen-bond donors (Lipinski definition) is 2. The molecule has 0 aliphatic carbocycles. The number of halogens is 1. The van der Waals surface area contributed by atoms with Gasteiger partial charge in [-0.25, -0.2) is 4.39 Å². The van der Waals surface area contributed by atoms with Gasteiger partial charge in [0.2, 0.25) is 6.41 Å². The minimum absolute atomic E-state index is 0.0625. The number of nitrogens with two attached hydrogens (primary N) is 1. The number of amides is 1. The van der Waals surface area contributed by atoms with E-state index in [1.165, 1.54) is 32.0 Å². The highest BCUT2D eigenvalue weighted by molar-refractivity contribution is 5.46. The van der Waals surface area contributed by atoms with Gasteiger partial charge >= 0.3 is 0 Å². The van der Waals surface area contributed by atoms with E-state index in [0.29, 0.717) is 19.4 Å². The minimum atomic E-state index is -0.135. The minimum Gasteiger partial charge on any atom is -0.355 e. The molecule has 27 heavy (non-hydrogen) atoms. The van der Waals surface area contributed by atoms with Gasteiger partial charge in [0.25, 0.3) is 0 Å². The van der Waals surface area contributed by atoms with Crippen LogP contribution in [0.5, 0.6) is 0 Å². The molecule has 1 fully saturated rings. The average Bonchev–Trinajstić information content (AvgIpc) is 3.22. The van der Waals surface area contributed by atoms with Gasteiger partial charge in [0.15, 0.2) is 0 Å². The van der Waals surface area contributed by atoms with Crippen LogP contribution in [0.3, 0.4) is 0 Å². The molecule has 0 radical (unpaired) electrons. The van der Waals surface area contributed by atoms with Gasteiger partial charge in [-0.1, -0.05) is 48.5 Å². The van der Waals surface area contributed by atoms with Gasteiger partial charge in [0.05, 0.1) is 0 Å². The van der Waals surface area contributed by atoms with Crippen molar-refractivity contribution >= 4 is 6.41 Å². The molecule has 0 spiro atoms. The summed E-state index contributed by atoms with van der Waals surface area (Å²) in [6.07, 6.45) is 4.91. The van der Waals surface area contributed by atoms with Gasteiger partial charge in [-0.05, 0) is 62.5 Å². The standard InChI is InChI=1S/C14H21FN2.C8H9NO/c15-14-6-2-1-5-12(14)11-13(16)7-10-17-8-3-4-9-17;10-7-9-6-8-4-2-1-3-5-8/h1-2,5-6,13H,3-4,7-11,16H2;1-5,7H,6H2,(H,9,10). The molecule has 1 aliphatic rings. The van der Waals surface area contributed by atoms with E-state index in [1.807, 2.05) is 42.5 Å². The van der Waals surface area contributed by atoms with E-state index < -0.39 is 0 Å². The van der Waals surface area contributed by atoms with E-state index in [9.17, 15) is 9.18 Å². The zero-order valence-electron chi connectivity index (χ0n) is 15.8. The Bertz CT molecular complexity index is 660. The van der Waals surface area contributed by atoms with Crippen LogP contribution in [-0.4, -0.2) is 37.0 Å². The Kier molecular flexibility index (Phi) is 9.52. The highest BCUT2D eigenvalue weighted by Gasteiger charge is 2.13. The van der Waals surface area contributed by atoms with Crippen molar-refractivity contribution in [2.75, 3.05) is 19.6 Å². The first-order valence-corrected chi connectivity index (χ1v) is 9.61. The second-order valence-electron chi connectivity index (χ2n) is 6.88. The van der Waals surface area contributed by atoms with Crippen LogP contribution in [0.2, 0.25) is 0 Å². The van der Waals surface area contributed by atoms with Gasteiger partial charge < -0.3 is 16.0 Å². The Labute approximate surface area is 161 Å². The van der Waals surface area contributed by atoms with Crippen molar-refractivity contribution in [1.29, 1.82) is 0 Å². The van der Waals surface area contributed by atoms with Crippen molar-refractivity contribution in [3.8, 4) is 0 Å². The van der Waals surface area contributed by atoms with Crippen molar-refractivity contribution in [1.82, 2.24) is 10.2 Å². The number of carbonyl (C=O) groups is 1. The first-order chi connectivity index (χ1) is 13.2. The number of benzene rings is 2. The SMILES string of the molecule is NC(CCN1CCCC1)Cc1ccccc1F.O=CNCc1ccccc1. The van der Waals surface area contributed by atoms with E-state index in [1.54, 1.807) is 6.07 Å². The first-order valence-electron chi connectivity index (χ1n) is 9.61. The molecule has 0 aromatic heterocycles. The molecule has 0 saturated carbocycles. The molecule has 1 amide bonds. The molecule has 5 heteroatoms. The first kappa shape index (κ1) is 21.1. The maximum Gasteiger partial charge on any atom is 0.207 e. The molecule has 1 heterocycles. The lowest BCUT2D eigenvalue weighted by Gasteiger charge is -2.18. The Morgan fingerprint density at radius 2 is 1.74 bits per heavy atom. The van der Waals surface area contributed by atoms with Crippen molar-refractivity contribution in [2.24, 2.45) is 5.73 Å². The van der Waals surface area contributed by atoms with Crippen molar-refractivity contribution in [3.63, 3.8) is 0 Å². The lowest BCUT2D eigenvalue weighted by atomic mass is 10.0. The topological polar surface area (TPSA) is 58.4 Å². The molecule has 0 bridgehead atoms. The monoisotopic (exact) mass is 371 g/mol. The predicted molar refractivity (Wildman–Crippen MR) is 108 cm³/mol. The predicted octanol–water partition coefficient (Wildman–Crippen LogP) is 3.11. The third-order valence-corrected chi connectivity index (χ3v) is 4.69. The quantitative estimate of drug-likeness (QED) is 0.701. The molecule has 2 aromatic carbocycles. The molecular weight excluding hydrogens is 341 g/mol. The van der Waals surface area contributed by atoms with Crippen LogP contribution in [0.4, 0.5) is 4.39 Å². The van der Waals surface area contributed by atoms with Gasteiger partial charge in [0, 0.05) is 12.6 Å². The Balaban J connectivity index is 0.000000223. The highest BCUT2D eigenvalue weighted by atomic mass is 19.1. The molecule has 3 N–H and O–H groups in total. The number of rotatable bonds is 8. The van der Waals surface area contributed by atoms with Gasteiger partial charge in [-0.3, -0.25) is 4.79 Å². The van der Waals surface area contributed by atoms with Gasteiger partial charge in [-0.15, -0.1) is 0 Å². The van der Waals surface area contributed by atoms with Crippen LogP contribution in [0.25, 0.3) is 0 Å². The lowest BCUT2D eigenvalue weighted by molar-refractivity contribution is -0.109. The van der Waals surface area contributed by atoms with Crippen molar-refractivity contribution in [3.05, 3.63) is 71.5 Å². The summed E-state index contributed by atoms with van der Waals surface area (Å²) in [7, 11) is 0. The van der Waals surface area contributed by atoms with Crippen LogP contribution in [0, 0.1) is 5.82 Å². The third-order valence-electron chi connectivity index (χ3n) is 4.69. The van der Waals surface area contributed by atoms with Crippen molar-refractivity contribution < 1.29 is 9.18 Å². The smallest absolute Gasteiger partial charge is 0.207 e. The maximum atomic E-state index is 13.4. The summed E-state index contributed by atoms with van der Waals surface area (Å²) in [5.74, 6) is -0.135. The van der Waals surface area contributed by atoms with Crippen LogP contribution < -0.4 is 11.1 Å². The number of hydrogen-bond acceptors (Lipinski definition) is 3. The number of likely N-dealkylation sites (tertiary alicyclic amines) is 1. The summed E-state index contributed by atoms with van der Waals surface area (Å²) in [4.78, 5) is 12.3. The summed E-state index contributed by atoms with van der Waals surface area (Å²) in [5.41, 5.74) is 7.92. The largest absolute Gasteiger partial charge is 0.355 e. The fraction of sp³-hybridized carbons (Fsp3) is 0.409. The lowest BCUT2D eigenvalue weighted by Crippen LogP contribution is -2.30. The van der Waals surface area contributed by atoms with Crippen LogP contribution in [-0.2, 0) is 17.8 Å². The van der Waals surface area contributed by atoms with Crippen LogP contribution in [0.15, 0.2) is 54.6 Å². The molecule has 1 unspecified atom stereocenters. The molecule has 1 aliphatic heterocycles. The third kappa shape index (κ3) is 8.33. The average molecular weight is 372 g/mol. The molecule has 3 rings (SSSR count). The van der Waals surface area contributed by atoms with Gasteiger partial charge in [0.1, 0.15) is 5.82 Å². The summed E-state index contributed by atoms with van der Waals surface area (Å²) in [6.45, 7) is 4.07. The summed E-state index contributed by atoms with van der Waals surface area (Å²) in [6, 6.07) is 16.8. The van der Waals surface area contributed by atoms with Gasteiger partial charge in [-0.2, -0.15) is 0 Å². The highest BCUT2D eigenvalue weighted by Crippen LogP contribution is 2.12. The molecule has 146 valence electrons. The summed E-state index contributed by atoms with van der Waals surface area (Å²) < 4.78 is 13.4. The van der Waals surface area contributed by atoms with E-state index in [-0.39, 0.29) is 11.9 Å². The Morgan fingerprint density at radius 1 is 1.07 bits per heavy atom. The molecule has 1 saturated heterocycles. The maximum absolute atomic E-state index is 13.4. The Morgan fingerprint density at radius 3 is 2.41 bits per heavy atom. The number of nitrogens with zero attached hydrogens (tertiary/aromatic N) is 1. The molecule has 1 atom stereocenters. The zero-order valence-corrected chi connectivity index (χ0v) is 15.8. The fourth-order valence-electron chi connectivity index (χ4n) is 3.16. The van der Waals surface area contributed by atoms with Crippen molar-refractivity contribution in [2.45, 2.75) is 38.3 Å². The fourth-order valence-corrected chi connectivity index (χ4v) is 3.16. The second-order valence-corrected chi connectivity index (χ2v) is 6.88. The second kappa shape index (κ2) is 12.2. The van der Waals surface area contributed by atoms with Crippen LogP contribution in [0.1, 0.15) is 30.4 Å². The number of carbonyl (C=O) groups excluding carboxylic acids is 1. The van der Waals surface area contributed by atoms with E-state index in [0.717, 1.165) is 24.1 Å². The molecule has 4 nitrogen and oxygen atoms in total. The Hall–Kier alpha value is -2.24. The van der Waals surface area contributed by atoms with E-state index >= 15 is 0 Å². The number of nitrogens with one attached hydrogen (secondary N) is 1. The van der Waals surface area contributed by atoms with Crippen LogP contribution >= 0.6 is 0 Å². The molecular formula is C22H30FN3O. The summed E-state index contributed by atoms with van der Waals surface area (Å²) >= 11 is 0. The zero-order chi connectivity index (χ0) is 19.3. The van der Waals surface area contributed by atoms with E-state index in [2.05, 4.69) is 10.2 Å². The normalized spacial score (nSPS) is 14.9. The molecule has 2 aromatic rings.